The third-order valence-corrected chi connectivity index (χ3v) is 4.31. The minimum Gasteiger partial charge on any atom is -0.377 e. The second kappa shape index (κ2) is 4.23. The van der Waals surface area contributed by atoms with E-state index in [9.17, 15) is 0 Å². The molecule has 1 aliphatic rings. The molecular weight excluding hydrogens is 234 g/mol. The molecule has 0 saturated carbocycles. The molecule has 90 valence electrons. The van der Waals surface area contributed by atoms with Crippen LogP contribution < -0.4 is 5.32 Å². The van der Waals surface area contributed by atoms with E-state index in [0.717, 1.165) is 22.9 Å². The molecule has 0 amide bonds. The highest BCUT2D eigenvalue weighted by molar-refractivity contribution is 7.19. The fourth-order valence-electron chi connectivity index (χ4n) is 2.41. The van der Waals surface area contributed by atoms with Gasteiger partial charge in [-0.25, -0.2) is 9.97 Å². The van der Waals surface area contributed by atoms with Crippen LogP contribution in [-0.2, 0) is 24.2 Å². The first-order chi connectivity index (χ1) is 8.33. The molecule has 3 rings (SSSR count). The minimum atomic E-state index is 0.465. The fourth-order valence-corrected chi connectivity index (χ4v) is 3.69. The molecule has 2 aromatic heterocycles. The number of rotatable bonds is 3. The molecule has 0 bridgehead atoms. The van der Waals surface area contributed by atoms with Crippen LogP contribution in [0.5, 0.6) is 0 Å². The maximum atomic E-state index is 5.11. The summed E-state index contributed by atoms with van der Waals surface area (Å²) < 4.78 is 5.11. The Labute approximate surface area is 104 Å². The number of thiophene rings is 1. The van der Waals surface area contributed by atoms with Crippen LogP contribution >= 0.6 is 11.3 Å². The lowest BCUT2D eigenvalue weighted by molar-refractivity contribution is 0.178. The van der Waals surface area contributed by atoms with Crippen LogP contribution in [-0.4, -0.2) is 24.1 Å². The number of hydrogen-bond donors (Lipinski definition) is 1. The number of aromatic nitrogens is 2. The van der Waals surface area contributed by atoms with E-state index in [-0.39, 0.29) is 0 Å². The molecule has 2 aromatic rings. The summed E-state index contributed by atoms with van der Waals surface area (Å²) in [6.07, 6.45) is 3.62. The van der Waals surface area contributed by atoms with Crippen molar-refractivity contribution in [1.82, 2.24) is 9.97 Å². The van der Waals surface area contributed by atoms with Crippen molar-refractivity contribution in [3.8, 4) is 0 Å². The summed E-state index contributed by atoms with van der Waals surface area (Å²) in [5.41, 5.74) is 1.46. The highest BCUT2D eigenvalue weighted by atomic mass is 32.1. The van der Waals surface area contributed by atoms with E-state index in [1.807, 2.05) is 18.4 Å². The lowest BCUT2D eigenvalue weighted by Crippen LogP contribution is -2.02. The van der Waals surface area contributed by atoms with Crippen molar-refractivity contribution >= 4 is 27.4 Å². The first-order valence-electron chi connectivity index (χ1n) is 5.81. The summed E-state index contributed by atoms with van der Waals surface area (Å²) in [5, 5.41) is 4.41. The van der Waals surface area contributed by atoms with Crippen molar-refractivity contribution < 1.29 is 4.74 Å². The highest BCUT2D eigenvalue weighted by Crippen LogP contribution is 2.39. The number of fused-ring (bicyclic) bond motifs is 3. The van der Waals surface area contributed by atoms with Crippen molar-refractivity contribution in [2.75, 3.05) is 19.5 Å². The lowest BCUT2D eigenvalue weighted by atomic mass is 10.2. The monoisotopic (exact) mass is 249 g/mol. The predicted octanol–water partition coefficient (Wildman–Crippen LogP) is 2.37. The molecule has 0 atom stereocenters. The van der Waals surface area contributed by atoms with Crippen LogP contribution in [0.1, 0.15) is 22.7 Å². The molecule has 0 fully saturated rings. The first kappa shape index (κ1) is 10.9. The zero-order valence-corrected chi connectivity index (χ0v) is 10.9. The maximum Gasteiger partial charge on any atom is 0.158 e. The van der Waals surface area contributed by atoms with Gasteiger partial charge in [0.1, 0.15) is 17.3 Å². The Balaban J connectivity index is 2.22. The second-order valence-corrected chi connectivity index (χ2v) is 5.29. The Hall–Kier alpha value is -1.20. The zero-order chi connectivity index (χ0) is 11.8. The topological polar surface area (TPSA) is 47.0 Å². The van der Waals surface area contributed by atoms with E-state index in [2.05, 4.69) is 15.3 Å². The standard InChI is InChI=1S/C12H15N3OS/c1-13-11-10-7-4-3-5-8(7)17-12(10)15-9(14-11)6-16-2/h3-6H2,1-2H3,(H,13,14,15). The third-order valence-electron chi connectivity index (χ3n) is 3.12. The van der Waals surface area contributed by atoms with Gasteiger partial charge in [-0.15, -0.1) is 11.3 Å². The van der Waals surface area contributed by atoms with Gasteiger partial charge in [0, 0.05) is 19.0 Å². The van der Waals surface area contributed by atoms with Crippen molar-refractivity contribution in [3.63, 3.8) is 0 Å². The van der Waals surface area contributed by atoms with E-state index in [0.29, 0.717) is 6.61 Å². The van der Waals surface area contributed by atoms with Gasteiger partial charge in [-0.2, -0.15) is 0 Å². The van der Waals surface area contributed by atoms with Gasteiger partial charge in [0.2, 0.25) is 0 Å². The van der Waals surface area contributed by atoms with Gasteiger partial charge in [-0.3, -0.25) is 0 Å². The normalized spacial score (nSPS) is 14.2. The molecule has 2 heterocycles. The number of anilines is 1. The Kier molecular flexibility index (Phi) is 2.72. The van der Waals surface area contributed by atoms with Crippen LogP contribution in [0.2, 0.25) is 0 Å². The predicted molar refractivity (Wildman–Crippen MR) is 69.7 cm³/mol. The van der Waals surface area contributed by atoms with Gasteiger partial charge in [-0.1, -0.05) is 0 Å². The van der Waals surface area contributed by atoms with E-state index < -0.39 is 0 Å². The Morgan fingerprint density at radius 3 is 3.00 bits per heavy atom. The average Bonchev–Trinajstić information content (AvgIpc) is 2.88. The summed E-state index contributed by atoms with van der Waals surface area (Å²) in [6.45, 7) is 0.465. The van der Waals surface area contributed by atoms with E-state index in [4.69, 9.17) is 4.74 Å². The molecule has 0 aromatic carbocycles. The molecular formula is C12H15N3OS. The first-order valence-corrected chi connectivity index (χ1v) is 6.63. The number of hydrogen-bond acceptors (Lipinski definition) is 5. The van der Waals surface area contributed by atoms with E-state index in [1.54, 1.807) is 7.11 Å². The summed E-state index contributed by atoms with van der Waals surface area (Å²) in [7, 11) is 3.58. The minimum absolute atomic E-state index is 0.465. The Morgan fingerprint density at radius 1 is 1.35 bits per heavy atom. The number of ether oxygens (including phenoxy) is 1. The molecule has 5 heteroatoms. The lowest BCUT2D eigenvalue weighted by Gasteiger charge is -2.06. The number of nitrogens with zero attached hydrogens (tertiary/aromatic N) is 2. The van der Waals surface area contributed by atoms with Crippen LogP contribution in [0.3, 0.4) is 0 Å². The Morgan fingerprint density at radius 2 is 2.24 bits per heavy atom. The van der Waals surface area contributed by atoms with Crippen LogP contribution in [0, 0.1) is 0 Å². The fraction of sp³-hybridized carbons (Fsp3) is 0.500. The van der Waals surface area contributed by atoms with Gasteiger partial charge < -0.3 is 10.1 Å². The number of methoxy groups -OCH3 is 1. The van der Waals surface area contributed by atoms with Crippen LogP contribution in [0.25, 0.3) is 10.2 Å². The summed E-state index contributed by atoms with van der Waals surface area (Å²) >= 11 is 1.81. The van der Waals surface area contributed by atoms with Gasteiger partial charge in [0.25, 0.3) is 0 Å². The highest BCUT2D eigenvalue weighted by Gasteiger charge is 2.21. The van der Waals surface area contributed by atoms with Crippen molar-refractivity contribution in [2.24, 2.45) is 0 Å². The van der Waals surface area contributed by atoms with E-state index in [1.165, 1.54) is 28.7 Å². The van der Waals surface area contributed by atoms with Gasteiger partial charge in [-0.05, 0) is 24.8 Å². The molecule has 1 aliphatic carbocycles. The summed E-state index contributed by atoms with van der Waals surface area (Å²) in [6, 6.07) is 0. The molecule has 17 heavy (non-hydrogen) atoms. The van der Waals surface area contributed by atoms with Gasteiger partial charge in [0.05, 0.1) is 5.39 Å². The maximum absolute atomic E-state index is 5.11. The van der Waals surface area contributed by atoms with Crippen LogP contribution in [0.15, 0.2) is 0 Å². The molecule has 0 aliphatic heterocycles. The molecule has 1 N–H and O–H groups in total. The molecule has 4 nitrogen and oxygen atoms in total. The second-order valence-electron chi connectivity index (χ2n) is 4.21. The molecule has 0 unspecified atom stereocenters. The number of aryl methyl sites for hydroxylation is 2. The van der Waals surface area contributed by atoms with Crippen molar-refractivity contribution in [2.45, 2.75) is 25.9 Å². The average molecular weight is 249 g/mol. The van der Waals surface area contributed by atoms with Gasteiger partial charge in [0.15, 0.2) is 5.82 Å². The zero-order valence-electron chi connectivity index (χ0n) is 10.0. The third kappa shape index (κ3) is 1.70. The summed E-state index contributed by atoms with van der Waals surface area (Å²) in [4.78, 5) is 11.7. The largest absolute Gasteiger partial charge is 0.377 e. The molecule has 0 radical (unpaired) electrons. The van der Waals surface area contributed by atoms with Crippen molar-refractivity contribution in [3.05, 3.63) is 16.3 Å². The van der Waals surface area contributed by atoms with Crippen molar-refractivity contribution in [1.29, 1.82) is 0 Å². The smallest absolute Gasteiger partial charge is 0.158 e. The van der Waals surface area contributed by atoms with Gasteiger partial charge >= 0.3 is 0 Å². The molecule has 0 saturated heterocycles. The quantitative estimate of drug-likeness (QED) is 0.907. The van der Waals surface area contributed by atoms with E-state index >= 15 is 0 Å². The summed E-state index contributed by atoms with van der Waals surface area (Å²) in [5.74, 6) is 1.70. The van der Waals surface area contributed by atoms with Crippen LogP contribution in [0.4, 0.5) is 5.82 Å². The Bertz CT molecular complexity index is 564. The molecule has 0 spiro atoms. The SMILES string of the molecule is CNc1nc(COC)nc2sc3c(c12)CCC3. The number of nitrogens with one attached hydrogen (secondary N) is 1.